The van der Waals surface area contributed by atoms with Crippen molar-refractivity contribution in [2.24, 2.45) is 0 Å². The van der Waals surface area contributed by atoms with Gasteiger partial charge in [0.1, 0.15) is 5.82 Å². The molecule has 1 aromatic carbocycles. The Labute approximate surface area is 124 Å². The minimum absolute atomic E-state index is 0.171. The van der Waals surface area contributed by atoms with Crippen LogP contribution in [0.25, 0.3) is 0 Å². The Hall–Kier alpha value is -2.29. The SMILES string of the molecule is N#Cc1ccc(Cl)c(NC(=O)c2cc(N)ncc2Cl)c1. The Morgan fingerprint density at radius 2 is 2.05 bits per heavy atom. The fourth-order valence-corrected chi connectivity index (χ4v) is 1.86. The number of nitrogens with zero attached hydrogens (tertiary/aromatic N) is 2. The van der Waals surface area contributed by atoms with Crippen LogP contribution in [0, 0.1) is 11.3 Å². The van der Waals surface area contributed by atoms with Gasteiger partial charge in [-0.05, 0) is 24.3 Å². The molecular weight excluding hydrogens is 299 g/mol. The summed E-state index contributed by atoms with van der Waals surface area (Å²) in [5.74, 6) is -0.308. The van der Waals surface area contributed by atoms with Crippen molar-refractivity contribution in [1.82, 2.24) is 4.98 Å². The lowest BCUT2D eigenvalue weighted by Gasteiger charge is -2.09. The zero-order chi connectivity index (χ0) is 14.7. The highest BCUT2D eigenvalue weighted by molar-refractivity contribution is 6.36. The molecule has 0 aliphatic heterocycles. The molecule has 0 atom stereocenters. The van der Waals surface area contributed by atoms with Crippen molar-refractivity contribution < 1.29 is 4.79 Å². The molecule has 3 N–H and O–H groups in total. The standard InChI is InChI=1S/C13H8Cl2N4O/c14-9-2-1-7(5-16)3-11(9)19-13(20)8-4-12(17)18-6-10(8)15/h1-4,6H,(H2,17,18)(H,19,20). The summed E-state index contributed by atoms with van der Waals surface area (Å²) in [6, 6.07) is 7.87. The van der Waals surface area contributed by atoms with Gasteiger partial charge in [0, 0.05) is 6.20 Å². The average Bonchev–Trinajstić information content (AvgIpc) is 2.43. The number of nitriles is 1. The number of halogens is 2. The first-order chi connectivity index (χ1) is 9.51. The van der Waals surface area contributed by atoms with Crippen LogP contribution in [-0.4, -0.2) is 10.9 Å². The molecule has 1 amide bonds. The van der Waals surface area contributed by atoms with E-state index in [2.05, 4.69) is 10.3 Å². The first-order valence-electron chi connectivity index (χ1n) is 5.43. The van der Waals surface area contributed by atoms with Crippen LogP contribution in [0.2, 0.25) is 10.0 Å². The topological polar surface area (TPSA) is 91.8 Å². The molecule has 1 aromatic heterocycles. The lowest BCUT2D eigenvalue weighted by Crippen LogP contribution is -2.13. The quantitative estimate of drug-likeness (QED) is 0.891. The number of nitrogens with one attached hydrogen (secondary N) is 1. The monoisotopic (exact) mass is 306 g/mol. The minimum atomic E-state index is -0.485. The number of benzene rings is 1. The summed E-state index contributed by atoms with van der Waals surface area (Å²) >= 11 is 11.9. The van der Waals surface area contributed by atoms with Gasteiger partial charge < -0.3 is 11.1 Å². The third-order valence-electron chi connectivity index (χ3n) is 2.46. The smallest absolute Gasteiger partial charge is 0.257 e. The first-order valence-corrected chi connectivity index (χ1v) is 6.19. The molecule has 0 bridgehead atoms. The van der Waals surface area contributed by atoms with E-state index in [4.69, 9.17) is 34.2 Å². The van der Waals surface area contributed by atoms with Gasteiger partial charge in [-0.2, -0.15) is 5.26 Å². The second-order valence-electron chi connectivity index (χ2n) is 3.85. The van der Waals surface area contributed by atoms with Gasteiger partial charge >= 0.3 is 0 Å². The van der Waals surface area contributed by atoms with Crippen LogP contribution < -0.4 is 11.1 Å². The van der Waals surface area contributed by atoms with Gasteiger partial charge in [0.15, 0.2) is 0 Å². The maximum Gasteiger partial charge on any atom is 0.257 e. The predicted molar refractivity (Wildman–Crippen MR) is 77.8 cm³/mol. The largest absolute Gasteiger partial charge is 0.384 e. The van der Waals surface area contributed by atoms with E-state index < -0.39 is 5.91 Å². The lowest BCUT2D eigenvalue weighted by molar-refractivity contribution is 0.102. The highest BCUT2D eigenvalue weighted by Gasteiger charge is 2.13. The molecule has 7 heteroatoms. The molecule has 0 aliphatic carbocycles. The molecule has 0 unspecified atom stereocenters. The van der Waals surface area contributed by atoms with Gasteiger partial charge in [-0.1, -0.05) is 23.2 Å². The van der Waals surface area contributed by atoms with Crippen LogP contribution >= 0.6 is 23.2 Å². The number of carbonyl (C=O) groups is 1. The number of pyridine rings is 1. The van der Waals surface area contributed by atoms with E-state index in [0.717, 1.165) is 0 Å². The zero-order valence-corrected chi connectivity index (χ0v) is 11.5. The van der Waals surface area contributed by atoms with E-state index in [1.165, 1.54) is 24.4 Å². The summed E-state index contributed by atoms with van der Waals surface area (Å²) in [6.07, 6.45) is 1.29. The molecule has 0 saturated heterocycles. The third kappa shape index (κ3) is 2.99. The molecule has 20 heavy (non-hydrogen) atoms. The summed E-state index contributed by atoms with van der Waals surface area (Å²) in [5.41, 5.74) is 6.39. The Bertz CT molecular complexity index is 725. The Morgan fingerprint density at radius 1 is 1.30 bits per heavy atom. The van der Waals surface area contributed by atoms with Crippen molar-refractivity contribution in [3.8, 4) is 6.07 Å². The summed E-state index contributed by atoms with van der Waals surface area (Å²) in [6.45, 7) is 0. The summed E-state index contributed by atoms with van der Waals surface area (Å²) in [4.78, 5) is 15.9. The maximum atomic E-state index is 12.1. The van der Waals surface area contributed by atoms with Crippen LogP contribution in [0.15, 0.2) is 30.5 Å². The minimum Gasteiger partial charge on any atom is -0.384 e. The number of nitrogens with two attached hydrogens (primary N) is 1. The molecule has 0 saturated carbocycles. The number of nitrogen functional groups attached to an aromatic ring is 1. The van der Waals surface area contributed by atoms with Crippen molar-refractivity contribution in [2.45, 2.75) is 0 Å². The number of amides is 1. The van der Waals surface area contributed by atoms with E-state index in [9.17, 15) is 4.79 Å². The average molecular weight is 307 g/mol. The number of rotatable bonds is 2. The van der Waals surface area contributed by atoms with Crippen LogP contribution in [0.5, 0.6) is 0 Å². The molecule has 1 heterocycles. The Balaban J connectivity index is 2.33. The van der Waals surface area contributed by atoms with Crippen LogP contribution in [0.4, 0.5) is 11.5 Å². The summed E-state index contributed by atoms with van der Waals surface area (Å²) in [7, 11) is 0. The zero-order valence-electron chi connectivity index (χ0n) is 10.0. The van der Waals surface area contributed by atoms with Crippen LogP contribution in [0.1, 0.15) is 15.9 Å². The van der Waals surface area contributed by atoms with Gasteiger partial charge in [-0.3, -0.25) is 4.79 Å². The van der Waals surface area contributed by atoms with Gasteiger partial charge in [-0.25, -0.2) is 4.98 Å². The predicted octanol–water partition coefficient (Wildman–Crippen LogP) is 3.09. The highest BCUT2D eigenvalue weighted by Crippen LogP contribution is 2.25. The number of hydrogen-bond acceptors (Lipinski definition) is 4. The van der Waals surface area contributed by atoms with E-state index >= 15 is 0 Å². The fourth-order valence-electron chi connectivity index (χ4n) is 1.51. The number of hydrogen-bond donors (Lipinski definition) is 2. The van der Waals surface area contributed by atoms with Crippen molar-refractivity contribution in [2.75, 3.05) is 11.1 Å². The second-order valence-corrected chi connectivity index (χ2v) is 4.66. The molecule has 5 nitrogen and oxygen atoms in total. The van der Waals surface area contributed by atoms with Gasteiger partial charge in [-0.15, -0.1) is 0 Å². The van der Waals surface area contributed by atoms with Gasteiger partial charge in [0.25, 0.3) is 5.91 Å². The molecule has 0 radical (unpaired) electrons. The number of anilines is 2. The Morgan fingerprint density at radius 3 is 2.75 bits per heavy atom. The van der Waals surface area contributed by atoms with E-state index in [0.29, 0.717) is 16.3 Å². The molecule has 2 aromatic rings. The van der Waals surface area contributed by atoms with Crippen molar-refractivity contribution in [1.29, 1.82) is 5.26 Å². The third-order valence-corrected chi connectivity index (χ3v) is 3.10. The van der Waals surface area contributed by atoms with Gasteiger partial charge in [0.05, 0.1) is 32.9 Å². The summed E-state index contributed by atoms with van der Waals surface area (Å²) < 4.78 is 0. The number of carbonyl (C=O) groups excluding carboxylic acids is 1. The summed E-state index contributed by atoms with van der Waals surface area (Å²) in [5, 5.41) is 11.9. The van der Waals surface area contributed by atoms with E-state index in [-0.39, 0.29) is 16.4 Å². The van der Waals surface area contributed by atoms with Crippen LogP contribution in [-0.2, 0) is 0 Å². The van der Waals surface area contributed by atoms with E-state index in [1.54, 1.807) is 6.07 Å². The normalized spacial score (nSPS) is 9.85. The lowest BCUT2D eigenvalue weighted by atomic mass is 10.2. The van der Waals surface area contributed by atoms with Crippen molar-refractivity contribution >= 4 is 40.6 Å². The molecule has 0 fully saturated rings. The molecule has 0 aliphatic rings. The fraction of sp³-hybridized carbons (Fsp3) is 0. The molecule has 0 spiro atoms. The second kappa shape index (κ2) is 5.78. The van der Waals surface area contributed by atoms with E-state index in [1.807, 2.05) is 6.07 Å². The number of aromatic nitrogens is 1. The first kappa shape index (κ1) is 14.1. The Kier molecular flexibility index (Phi) is 4.08. The van der Waals surface area contributed by atoms with Crippen molar-refractivity contribution in [3.05, 3.63) is 51.6 Å². The molecule has 2 rings (SSSR count). The molecular formula is C13H8Cl2N4O. The van der Waals surface area contributed by atoms with Gasteiger partial charge in [0.2, 0.25) is 0 Å². The van der Waals surface area contributed by atoms with Crippen molar-refractivity contribution in [3.63, 3.8) is 0 Å². The molecule has 100 valence electrons. The highest BCUT2D eigenvalue weighted by atomic mass is 35.5. The maximum absolute atomic E-state index is 12.1. The van der Waals surface area contributed by atoms with Crippen LogP contribution in [0.3, 0.4) is 0 Å².